The van der Waals surface area contributed by atoms with E-state index in [1.54, 1.807) is 0 Å². The van der Waals surface area contributed by atoms with Crippen molar-refractivity contribution >= 4 is 24.0 Å². The molecule has 0 heterocycles. The first-order valence-electron chi connectivity index (χ1n) is 2.09. The molecule has 52 valence electrons. The maximum absolute atomic E-state index is 12.2. The fourth-order valence-corrected chi connectivity index (χ4v) is 1.74. The van der Waals surface area contributed by atoms with Crippen molar-refractivity contribution in [1.82, 2.24) is 0 Å². The van der Waals surface area contributed by atoms with Gasteiger partial charge in [-0.25, -0.2) is 0 Å². The Morgan fingerprint density at radius 2 is 2.10 bits per heavy atom. The molecule has 0 radical (unpaired) electrons. The molecule has 0 rings (SSSR count). The molecule has 0 unspecified atom stereocenters. The molecular formula is C5HBrFNW2. The minimum atomic E-state index is -0.221. The molecule has 0 saturated heterocycles. The Labute approximate surface area is 88.2 Å². The van der Waals surface area contributed by atoms with Gasteiger partial charge in [-0.15, -0.1) is 0 Å². The molecule has 0 aliphatic carbocycles. The van der Waals surface area contributed by atoms with E-state index in [4.69, 9.17) is 5.26 Å². The van der Waals surface area contributed by atoms with Crippen molar-refractivity contribution in [3.63, 3.8) is 0 Å². The zero-order chi connectivity index (χ0) is 8.15. The Bertz CT molecular complexity index is 241. The summed E-state index contributed by atoms with van der Waals surface area (Å²) in [4.78, 5) is 0. The fourth-order valence-electron chi connectivity index (χ4n) is 0.219. The van der Waals surface area contributed by atoms with E-state index in [2.05, 4.69) is 15.9 Å². The summed E-state index contributed by atoms with van der Waals surface area (Å²) in [6.45, 7) is 0. The van der Waals surface area contributed by atoms with E-state index in [-0.39, 0.29) is 4.15 Å². The average molecular weight is 542 g/mol. The summed E-state index contributed by atoms with van der Waals surface area (Å²) in [6, 6.07) is 1.94. The fraction of sp³-hybridized carbons (Fsp3) is 0. The SMILES string of the molecule is N#C[C](=[W])/C(Br)=C\[C](F)=[W]. The van der Waals surface area contributed by atoms with Crippen LogP contribution in [0.25, 0.3) is 0 Å². The summed E-state index contributed by atoms with van der Waals surface area (Å²) in [7, 11) is 0. The predicted octanol–water partition coefficient (Wildman–Crippen LogP) is 1.15. The standard InChI is InChI=1S/C5HBrFN.2W/c6-5(1-3-7)2-4-8;;/h1H;;/b5-1+;;. The van der Waals surface area contributed by atoms with Crippen LogP contribution in [0.3, 0.4) is 0 Å². The number of hydrogen-bond acceptors (Lipinski definition) is 1. The van der Waals surface area contributed by atoms with E-state index in [1.807, 2.05) is 6.07 Å². The number of allylic oxidation sites excluding steroid dienone is 2. The van der Waals surface area contributed by atoms with Gasteiger partial charge in [0.15, 0.2) is 0 Å². The number of halogens is 2. The van der Waals surface area contributed by atoms with Crippen LogP contribution in [0.5, 0.6) is 0 Å². The molecule has 0 aromatic carbocycles. The molecule has 0 aliphatic rings. The van der Waals surface area contributed by atoms with Crippen LogP contribution in [0.4, 0.5) is 4.39 Å². The van der Waals surface area contributed by atoms with E-state index < -0.39 is 0 Å². The molecule has 0 aromatic heterocycles. The number of nitrogens with zero attached hydrogens (tertiary/aromatic N) is 1. The van der Waals surface area contributed by atoms with E-state index in [0.717, 1.165) is 38.7 Å². The first-order valence-corrected chi connectivity index (χ1v) is 5.81. The van der Waals surface area contributed by atoms with Crippen molar-refractivity contribution in [3.05, 3.63) is 10.6 Å². The normalized spacial score (nSPS) is 10.3. The average Bonchev–Trinajstić information content (AvgIpc) is 1.85. The van der Waals surface area contributed by atoms with Crippen molar-refractivity contribution in [2.24, 2.45) is 0 Å². The maximum atomic E-state index is 12.2. The van der Waals surface area contributed by atoms with Gasteiger partial charge in [0.2, 0.25) is 0 Å². The number of rotatable bonds is 2. The van der Waals surface area contributed by atoms with Gasteiger partial charge < -0.3 is 0 Å². The predicted molar refractivity (Wildman–Crippen MR) is 33.7 cm³/mol. The van der Waals surface area contributed by atoms with Crippen LogP contribution in [0.2, 0.25) is 0 Å². The summed E-state index contributed by atoms with van der Waals surface area (Å²) in [5.41, 5.74) is 0. The van der Waals surface area contributed by atoms with Crippen molar-refractivity contribution in [3.8, 4) is 6.07 Å². The zero-order valence-electron chi connectivity index (χ0n) is 4.60. The van der Waals surface area contributed by atoms with Crippen LogP contribution in [-0.2, 0) is 38.7 Å². The molecular weight excluding hydrogens is 541 g/mol. The van der Waals surface area contributed by atoms with Crippen LogP contribution < -0.4 is 0 Å². The van der Waals surface area contributed by atoms with Crippen molar-refractivity contribution in [2.45, 2.75) is 0 Å². The molecule has 0 fully saturated rings. The Balaban J connectivity index is 4.38. The van der Waals surface area contributed by atoms with E-state index >= 15 is 0 Å². The zero-order valence-corrected chi connectivity index (χ0v) is 12.0. The van der Waals surface area contributed by atoms with Gasteiger partial charge in [0.1, 0.15) is 0 Å². The molecule has 0 aliphatic heterocycles. The molecule has 0 spiro atoms. The quantitative estimate of drug-likeness (QED) is 0.515. The summed E-state index contributed by atoms with van der Waals surface area (Å²) < 4.78 is 13.1. The Kier molecular flexibility index (Phi) is 5.82. The molecule has 10 heavy (non-hydrogen) atoms. The monoisotopic (exact) mass is 541 g/mol. The number of hydrogen-bond donors (Lipinski definition) is 0. The van der Waals surface area contributed by atoms with Gasteiger partial charge in [0, 0.05) is 0 Å². The van der Waals surface area contributed by atoms with Gasteiger partial charge in [-0.3, -0.25) is 0 Å². The van der Waals surface area contributed by atoms with Crippen LogP contribution >= 0.6 is 15.9 Å². The van der Waals surface area contributed by atoms with Crippen molar-refractivity contribution in [1.29, 1.82) is 5.26 Å². The molecule has 0 amide bonds. The Hall–Kier alpha value is 0.757. The summed E-state index contributed by atoms with van der Waals surface area (Å²) in [5, 5.41) is 8.36. The van der Waals surface area contributed by atoms with Crippen LogP contribution in [-0.4, -0.2) is 8.05 Å². The second-order valence-corrected chi connectivity index (χ2v) is 4.96. The number of nitriles is 1. The third-order valence-electron chi connectivity index (χ3n) is 0.559. The van der Waals surface area contributed by atoms with Crippen LogP contribution in [0.1, 0.15) is 0 Å². The minimum absolute atomic E-state index is 0.221. The van der Waals surface area contributed by atoms with E-state index in [1.165, 1.54) is 6.08 Å². The van der Waals surface area contributed by atoms with Crippen molar-refractivity contribution in [2.75, 3.05) is 0 Å². The second kappa shape index (κ2) is 5.41. The Morgan fingerprint density at radius 3 is 2.40 bits per heavy atom. The summed E-state index contributed by atoms with van der Waals surface area (Å²) >= 11 is 4.89. The van der Waals surface area contributed by atoms with E-state index in [9.17, 15) is 4.39 Å². The van der Waals surface area contributed by atoms with Gasteiger partial charge in [0.05, 0.1) is 0 Å². The van der Waals surface area contributed by atoms with Crippen LogP contribution in [0, 0.1) is 11.3 Å². The third-order valence-corrected chi connectivity index (χ3v) is 3.76. The molecule has 0 N–H and O–H groups in total. The van der Waals surface area contributed by atoms with E-state index in [0.29, 0.717) is 8.38 Å². The molecule has 0 atom stereocenters. The molecule has 1 nitrogen and oxygen atoms in total. The molecule has 0 bridgehead atoms. The van der Waals surface area contributed by atoms with Crippen molar-refractivity contribution < 1.29 is 43.1 Å². The van der Waals surface area contributed by atoms with Gasteiger partial charge >= 0.3 is 89.0 Å². The van der Waals surface area contributed by atoms with Gasteiger partial charge in [-0.2, -0.15) is 0 Å². The Morgan fingerprint density at radius 1 is 1.60 bits per heavy atom. The first-order chi connectivity index (χ1) is 4.57. The second-order valence-electron chi connectivity index (χ2n) is 1.24. The van der Waals surface area contributed by atoms with Gasteiger partial charge in [-0.05, 0) is 0 Å². The molecule has 0 saturated carbocycles. The molecule has 5 heteroatoms. The van der Waals surface area contributed by atoms with Gasteiger partial charge in [-0.1, -0.05) is 0 Å². The first kappa shape index (κ1) is 10.8. The van der Waals surface area contributed by atoms with Crippen LogP contribution in [0.15, 0.2) is 10.6 Å². The summed E-state index contributed by atoms with van der Waals surface area (Å²) in [5.74, 6) is 0. The third kappa shape index (κ3) is 4.55. The van der Waals surface area contributed by atoms with Gasteiger partial charge in [0.25, 0.3) is 0 Å². The topological polar surface area (TPSA) is 23.8 Å². The summed E-state index contributed by atoms with van der Waals surface area (Å²) in [6.07, 6.45) is 1.32. The molecule has 0 aromatic rings.